The third kappa shape index (κ3) is 2.09. The van der Waals surface area contributed by atoms with Gasteiger partial charge in [0.2, 0.25) is 0 Å². The highest BCUT2D eigenvalue weighted by atomic mass is 16.2. The molecule has 5 nitrogen and oxygen atoms in total. The van der Waals surface area contributed by atoms with Gasteiger partial charge in [0.15, 0.2) is 0 Å². The maximum absolute atomic E-state index is 12.6. The molecular weight excluding hydrogens is 264 g/mol. The van der Waals surface area contributed by atoms with Crippen molar-refractivity contribution in [3.05, 3.63) is 18.0 Å². The minimum absolute atomic E-state index is 0.112. The molecule has 3 heterocycles. The number of nitrogens with one attached hydrogen (secondary N) is 1. The van der Waals surface area contributed by atoms with Crippen LogP contribution in [0.2, 0.25) is 0 Å². The van der Waals surface area contributed by atoms with Crippen molar-refractivity contribution in [1.82, 2.24) is 20.0 Å². The molecule has 2 aliphatic heterocycles. The van der Waals surface area contributed by atoms with E-state index in [-0.39, 0.29) is 5.91 Å². The number of hydrogen-bond acceptors (Lipinski definition) is 3. The molecule has 1 aromatic rings. The number of rotatable bonds is 2. The first-order valence-electron chi connectivity index (χ1n) is 8.12. The number of carbonyl (C=O) groups excluding carboxylic acids is 1. The van der Waals surface area contributed by atoms with Crippen LogP contribution in [0, 0.1) is 17.3 Å². The van der Waals surface area contributed by atoms with Gasteiger partial charge < -0.3 is 10.2 Å². The molecule has 3 fully saturated rings. The van der Waals surface area contributed by atoms with Gasteiger partial charge in [-0.1, -0.05) is 13.8 Å². The van der Waals surface area contributed by atoms with Gasteiger partial charge in [0.25, 0.3) is 5.91 Å². The average molecular weight is 288 g/mol. The fraction of sp³-hybridized carbons (Fsp3) is 0.750. The zero-order chi connectivity index (χ0) is 14.6. The van der Waals surface area contributed by atoms with Gasteiger partial charge in [-0.3, -0.25) is 9.48 Å². The number of aromatic nitrogens is 2. The molecule has 1 aromatic heterocycles. The minimum Gasteiger partial charge on any atom is -0.337 e. The highest BCUT2D eigenvalue weighted by molar-refractivity contribution is 5.92. The van der Waals surface area contributed by atoms with Crippen LogP contribution in [-0.2, 0) is 0 Å². The highest BCUT2D eigenvalue weighted by Gasteiger charge is 2.62. The molecular formula is C16H24N4O. The fourth-order valence-corrected chi connectivity index (χ4v) is 4.17. The van der Waals surface area contributed by atoms with Crippen LogP contribution in [0.1, 0.15) is 43.2 Å². The van der Waals surface area contributed by atoms with Gasteiger partial charge in [0.05, 0.1) is 6.04 Å². The van der Waals surface area contributed by atoms with Gasteiger partial charge in [0, 0.05) is 25.8 Å². The summed E-state index contributed by atoms with van der Waals surface area (Å²) in [5.74, 6) is 1.51. The Labute approximate surface area is 125 Å². The molecule has 1 saturated carbocycles. The van der Waals surface area contributed by atoms with E-state index in [0.29, 0.717) is 29.0 Å². The van der Waals surface area contributed by atoms with Crippen molar-refractivity contribution >= 4 is 5.91 Å². The summed E-state index contributed by atoms with van der Waals surface area (Å²) in [5.41, 5.74) is 1.06. The fourth-order valence-electron chi connectivity index (χ4n) is 4.17. The first kappa shape index (κ1) is 13.3. The van der Waals surface area contributed by atoms with E-state index in [2.05, 4.69) is 24.3 Å². The number of amides is 1. The quantitative estimate of drug-likeness (QED) is 0.898. The highest BCUT2D eigenvalue weighted by Crippen LogP contribution is 2.62. The molecule has 4 rings (SSSR count). The second-order valence-electron chi connectivity index (χ2n) is 7.43. The lowest BCUT2D eigenvalue weighted by molar-refractivity contribution is 0.0750. The molecule has 0 bridgehead atoms. The second-order valence-corrected chi connectivity index (χ2v) is 7.43. The summed E-state index contributed by atoms with van der Waals surface area (Å²) in [6, 6.07) is 2.28. The van der Waals surface area contributed by atoms with E-state index >= 15 is 0 Å². The first-order valence-corrected chi connectivity index (χ1v) is 8.12. The van der Waals surface area contributed by atoms with Crippen LogP contribution in [-0.4, -0.2) is 46.8 Å². The van der Waals surface area contributed by atoms with E-state index in [1.165, 1.54) is 6.42 Å². The summed E-state index contributed by atoms with van der Waals surface area (Å²) in [6.45, 7) is 8.50. The zero-order valence-corrected chi connectivity index (χ0v) is 12.9. The molecule has 1 amide bonds. The summed E-state index contributed by atoms with van der Waals surface area (Å²) in [4.78, 5) is 14.5. The average Bonchev–Trinajstić information content (AvgIpc) is 2.98. The first-order chi connectivity index (χ1) is 10.1. The molecule has 3 aliphatic rings. The largest absolute Gasteiger partial charge is 0.337 e. The molecule has 21 heavy (non-hydrogen) atoms. The SMILES string of the molecule is CC1(C)C2CN(C(=O)c3ccn(C4CCCNC4)n3)CC21. The molecule has 0 radical (unpaired) electrons. The Morgan fingerprint density at radius 3 is 2.81 bits per heavy atom. The van der Waals surface area contributed by atoms with Gasteiger partial charge >= 0.3 is 0 Å². The molecule has 0 aromatic carbocycles. The van der Waals surface area contributed by atoms with Crippen LogP contribution in [0.4, 0.5) is 0 Å². The summed E-state index contributed by atoms with van der Waals surface area (Å²) in [7, 11) is 0. The smallest absolute Gasteiger partial charge is 0.274 e. The Kier molecular flexibility index (Phi) is 2.89. The lowest BCUT2D eigenvalue weighted by atomic mass is 10.1. The van der Waals surface area contributed by atoms with Crippen molar-refractivity contribution in [2.24, 2.45) is 17.3 Å². The standard InChI is InChI=1S/C16H24N4O/c1-16(2)12-9-19(10-13(12)16)15(21)14-5-7-20(18-14)11-4-3-6-17-8-11/h5,7,11-13,17H,3-4,6,8-10H2,1-2H3. The van der Waals surface area contributed by atoms with Gasteiger partial charge in [-0.25, -0.2) is 0 Å². The molecule has 0 spiro atoms. The predicted molar refractivity (Wildman–Crippen MR) is 80.0 cm³/mol. The Morgan fingerprint density at radius 2 is 2.14 bits per heavy atom. The minimum atomic E-state index is 0.112. The molecule has 3 atom stereocenters. The van der Waals surface area contributed by atoms with Crippen molar-refractivity contribution < 1.29 is 4.79 Å². The predicted octanol–water partition coefficient (Wildman–Crippen LogP) is 1.54. The van der Waals surface area contributed by atoms with Crippen molar-refractivity contribution in [3.8, 4) is 0 Å². The molecule has 114 valence electrons. The second kappa shape index (κ2) is 4.57. The molecule has 2 saturated heterocycles. The third-order valence-corrected chi connectivity index (χ3v) is 5.88. The van der Waals surface area contributed by atoms with Gasteiger partial charge in [0.1, 0.15) is 5.69 Å². The van der Waals surface area contributed by atoms with Gasteiger partial charge in [-0.05, 0) is 42.7 Å². The molecule has 5 heteroatoms. The van der Waals surface area contributed by atoms with Gasteiger partial charge in [-0.15, -0.1) is 0 Å². The molecule has 1 N–H and O–H groups in total. The number of carbonyl (C=O) groups is 1. The lowest BCUT2D eigenvalue weighted by Crippen LogP contribution is -2.34. The van der Waals surface area contributed by atoms with Crippen LogP contribution >= 0.6 is 0 Å². The van der Waals surface area contributed by atoms with Gasteiger partial charge in [-0.2, -0.15) is 5.10 Å². The summed E-state index contributed by atoms with van der Waals surface area (Å²) in [5, 5.41) is 7.93. The van der Waals surface area contributed by atoms with E-state index < -0.39 is 0 Å². The van der Waals surface area contributed by atoms with Crippen molar-refractivity contribution in [1.29, 1.82) is 0 Å². The van der Waals surface area contributed by atoms with Crippen molar-refractivity contribution in [3.63, 3.8) is 0 Å². The zero-order valence-electron chi connectivity index (χ0n) is 12.9. The number of fused-ring (bicyclic) bond motifs is 1. The Balaban J connectivity index is 1.43. The third-order valence-electron chi connectivity index (χ3n) is 5.88. The number of likely N-dealkylation sites (tertiary alicyclic amines) is 1. The van der Waals surface area contributed by atoms with Crippen molar-refractivity contribution in [2.45, 2.75) is 32.7 Å². The van der Waals surface area contributed by atoms with Crippen LogP contribution in [0.15, 0.2) is 12.3 Å². The monoisotopic (exact) mass is 288 g/mol. The normalized spacial score (nSPS) is 33.8. The summed E-state index contributed by atoms with van der Waals surface area (Å²) < 4.78 is 1.97. The van der Waals surface area contributed by atoms with Crippen LogP contribution in [0.25, 0.3) is 0 Å². The number of nitrogens with zero attached hydrogens (tertiary/aromatic N) is 3. The van der Waals surface area contributed by atoms with E-state index in [1.54, 1.807) is 0 Å². The number of piperidine rings is 2. The molecule has 3 unspecified atom stereocenters. The van der Waals surface area contributed by atoms with Crippen LogP contribution in [0.3, 0.4) is 0 Å². The van der Waals surface area contributed by atoms with Crippen LogP contribution < -0.4 is 5.32 Å². The van der Waals surface area contributed by atoms with Crippen LogP contribution in [0.5, 0.6) is 0 Å². The number of hydrogen-bond donors (Lipinski definition) is 1. The topological polar surface area (TPSA) is 50.2 Å². The van der Waals surface area contributed by atoms with Crippen molar-refractivity contribution in [2.75, 3.05) is 26.2 Å². The maximum Gasteiger partial charge on any atom is 0.274 e. The molecule has 1 aliphatic carbocycles. The van der Waals surface area contributed by atoms with E-state index in [1.807, 2.05) is 21.8 Å². The lowest BCUT2D eigenvalue weighted by Gasteiger charge is -2.23. The maximum atomic E-state index is 12.6. The summed E-state index contributed by atoms with van der Waals surface area (Å²) >= 11 is 0. The Bertz CT molecular complexity index is 544. The summed E-state index contributed by atoms with van der Waals surface area (Å²) in [6.07, 6.45) is 4.29. The Hall–Kier alpha value is -1.36. The van der Waals surface area contributed by atoms with E-state index in [9.17, 15) is 4.79 Å². The van der Waals surface area contributed by atoms with E-state index in [0.717, 1.165) is 32.6 Å². The van der Waals surface area contributed by atoms with E-state index in [4.69, 9.17) is 0 Å². The Morgan fingerprint density at radius 1 is 1.38 bits per heavy atom.